The second kappa shape index (κ2) is 10.2. The first-order chi connectivity index (χ1) is 16.1. The minimum atomic E-state index is -0.459. The fourth-order valence-electron chi connectivity index (χ4n) is 3.35. The molecule has 6 nitrogen and oxygen atoms in total. The number of benzene rings is 4. The minimum Gasteiger partial charge on any atom is -0.497 e. The Morgan fingerprint density at radius 1 is 0.848 bits per heavy atom. The number of amides is 1. The molecule has 4 aromatic rings. The summed E-state index contributed by atoms with van der Waals surface area (Å²) in [6, 6.07) is 27.4. The summed E-state index contributed by atoms with van der Waals surface area (Å²) < 4.78 is 10.5. The Morgan fingerprint density at radius 3 is 2.30 bits per heavy atom. The van der Waals surface area contributed by atoms with Crippen molar-refractivity contribution in [3.8, 4) is 11.5 Å². The number of fused-ring (bicyclic) bond motifs is 1. The maximum atomic E-state index is 12.3. The topological polar surface area (TPSA) is 77.0 Å². The molecule has 0 heterocycles. The zero-order valence-corrected chi connectivity index (χ0v) is 18.0. The Labute approximate surface area is 191 Å². The molecule has 0 atom stereocenters. The molecule has 0 saturated heterocycles. The third-order valence-electron chi connectivity index (χ3n) is 5.05. The first-order valence-corrected chi connectivity index (χ1v) is 10.4. The maximum absolute atomic E-state index is 12.3. The molecule has 4 aromatic carbocycles. The van der Waals surface area contributed by atoms with Gasteiger partial charge in [-0.2, -0.15) is 5.10 Å². The molecule has 164 valence electrons. The zero-order valence-electron chi connectivity index (χ0n) is 18.0. The van der Waals surface area contributed by atoms with Crippen LogP contribution in [-0.2, 0) is 11.2 Å². The van der Waals surface area contributed by atoms with E-state index < -0.39 is 5.97 Å². The average molecular weight is 438 g/mol. The molecule has 0 spiro atoms. The maximum Gasteiger partial charge on any atom is 0.343 e. The molecule has 0 aromatic heterocycles. The van der Waals surface area contributed by atoms with Gasteiger partial charge in [0.1, 0.15) is 11.5 Å². The molecule has 0 aliphatic carbocycles. The summed E-state index contributed by atoms with van der Waals surface area (Å²) in [6.07, 6.45) is 1.77. The molecule has 1 amide bonds. The van der Waals surface area contributed by atoms with Gasteiger partial charge in [-0.3, -0.25) is 4.79 Å². The molecule has 1 N–H and O–H groups in total. The highest BCUT2D eigenvalue weighted by Crippen LogP contribution is 2.19. The Balaban J connectivity index is 1.31. The summed E-state index contributed by atoms with van der Waals surface area (Å²) in [5.74, 6) is 0.416. The van der Waals surface area contributed by atoms with Crippen LogP contribution in [0.3, 0.4) is 0 Å². The highest BCUT2D eigenvalue weighted by atomic mass is 16.5. The zero-order chi connectivity index (χ0) is 23.0. The van der Waals surface area contributed by atoms with Crippen molar-refractivity contribution in [3.63, 3.8) is 0 Å². The fourth-order valence-corrected chi connectivity index (χ4v) is 3.35. The van der Waals surface area contributed by atoms with Crippen LogP contribution in [0.1, 0.15) is 21.5 Å². The van der Waals surface area contributed by atoms with Gasteiger partial charge in [0, 0.05) is 0 Å². The number of ether oxygens (including phenoxy) is 2. The van der Waals surface area contributed by atoms with Gasteiger partial charge in [-0.05, 0) is 70.4 Å². The van der Waals surface area contributed by atoms with Gasteiger partial charge in [-0.1, -0.05) is 42.5 Å². The first kappa shape index (κ1) is 21.8. The monoisotopic (exact) mass is 438 g/mol. The lowest BCUT2D eigenvalue weighted by molar-refractivity contribution is -0.120. The van der Waals surface area contributed by atoms with Crippen molar-refractivity contribution in [2.24, 2.45) is 5.10 Å². The fraction of sp³-hybridized carbons (Fsp3) is 0.0741. The van der Waals surface area contributed by atoms with Crippen molar-refractivity contribution in [2.45, 2.75) is 6.42 Å². The van der Waals surface area contributed by atoms with Crippen molar-refractivity contribution < 1.29 is 19.1 Å². The van der Waals surface area contributed by atoms with E-state index in [4.69, 9.17) is 9.47 Å². The molecule has 0 unspecified atom stereocenters. The minimum absolute atomic E-state index is 0.201. The van der Waals surface area contributed by atoms with Crippen LogP contribution in [-0.4, -0.2) is 25.2 Å². The summed E-state index contributed by atoms with van der Waals surface area (Å²) >= 11 is 0. The molecule has 4 rings (SSSR count). The van der Waals surface area contributed by atoms with Crippen molar-refractivity contribution in [3.05, 3.63) is 108 Å². The highest BCUT2D eigenvalue weighted by molar-refractivity contribution is 5.92. The van der Waals surface area contributed by atoms with E-state index >= 15 is 0 Å². The number of rotatable bonds is 7. The lowest BCUT2D eigenvalue weighted by atomic mass is 10.0. The van der Waals surface area contributed by atoms with Gasteiger partial charge >= 0.3 is 5.97 Å². The van der Waals surface area contributed by atoms with E-state index in [-0.39, 0.29) is 12.3 Å². The number of hydrogen-bond acceptors (Lipinski definition) is 5. The molecule has 6 heteroatoms. The van der Waals surface area contributed by atoms with Crippen LogP contribution in [0, 0.1) is 0 Å². The molecular weight excluding hydrogens is 416 g/mol. The van der Waals surface area contributed by atoms with E-state index in [1.807, 2.05) is 42.5 Å². The van der Waals surface area contributed by atoms with Gasteiger partial charge in [-0.15, -0.1) is 0 Å². The highest BCUT2D eigenvalue weighted by Gasteiger charge is 2.09. The first-order valence-electron chi connectivity index (χ1n) is 10.4. The molecule has 0 aliphatic heterocycles. The van der Waals surface area contributed by atoms with Crippen molar-refractivity contribution in [2.75, 3.05) is 7.11 Å². The molecule has 0 saturated carbocycles. The SMILES string of the molecule is COc1ccc(C(=O)Oc2ccc(C=NNC(=O)Cc3cccc4ccccc34)cc2)cc1. The third-order valence-corrected chi connectivity index (χ3v) is 5.05. The Morgan fingerprint density at radius 2 is 1.55 bits per heavy atom. The van der Waals surface area contributed by atoms with E-state index in [0.29, 0.717) is 17.1 Å². The molecule has 0 bridgehead atoms. The second-order valence-electron chi connectivity index (χ2n) is 7.30. The summed E-state index contributed by atoms with van der Waals surface area (Å²) in [7, 11) is 1.56. The van der Waals surface area contributed by atoms with Crippen LogP contribution in [0.4, 0.5) is 0 Å². The van der Waals surface area contributed by atoms with E-state index in [1.54, 1.807) is 55.6 Å². The van der Waals surface area contributed by atoms with Crippen LogP contribution in [0.25, 0.3) is 10.8 Å². The Bertz CT molecular complexity index is 1290. The molecule has 0 fully saturated rings. The van der Waals surface area contributed by atoms with E-state index in [0.717, 1.165) is 21.9 Å². The van der Waals surface area contributed by atoms with Gasteiger partial charge in [0.2, 0.25) is 5.91 Å². The predicted octanol–water partition coefficient (Wildman–Crippen LogP) is 4.76. The van der Waals surface area contributed by atoms with E-state index in [2.05, 4.69) is 10.5 Å². The normalized spacial score (nSPS) is 10.8. The number of methoxy groups -OCH3 is 1. The molecule has 33 heavy (non-hydrogen) atoms. The summed E-state index contributed by atoms with van der Waals surface area (Å²) in [6.45, 7) is 0. The van der Waals surface area contributed by atoms with Crippen molar-refractivity contribution in [1.29, 1.82) is 0 Å². The quantitative estimate of drug-likeness (QED) is 0.195. The summed E-state index contributed by atoms with van der Waals surface area (Å²) in [5.41, 5.74) is 4.69. The number of carbonyl (C=O) groups excluding carboxylic acids is 2. The third kappa shape index (κ3) is 5.62. The number of carbonyl (C=O) groups is 2. The largest absolute Gasteiger partial charge is 0.497 e. The van der Waals surface area contributed by atoms with Crippen LogP contribution >= 0.6 is 0 Å². The molecule has 0 aliphatic rings. The lowest BCUT2D eigenvalue weighted by Gasteiger charge is -2.06. The average Bonchev–Trinajstić information content (AvgIpc) is 2.85. The van der Waals surface area contributed by atoms with Gasteiger partial charge in [-0.25, -0.2) is 10.2 Å². The van der Waals surface area contributed by atoms with Crippen LogP contribution in [0.15, 0.2) is 96.1 Å². The number of nitrogens with one attached hydrogen (secondary N) is 1. The Hall–Kier alpha value is -4.45. The van der Waals surface area contributed by atoms with E-state index in [9.17, 15) is 9.59 Å². The van der Waals surface area contributed by atoms with Crippen molar-refractivity contribution >= 4 is 28.9 Å². The van der Waals surface area contributed by atoms with Gasteiger partial charge in [0.15, 0.2) is 0 Å². The number of esters is 1. The standard InChI is InChI=1S/C27H22N2O4/c1-32-23-15-11-21(12-16-23)27(31)33-24-13-9-19(10-14-24)18-28-29-26(30)17-22-7-4-6-20-5-2-3-8-25(20)22/h2-16,18H,17H2,1H3,(H,29,30). The Kier molecular flexibility index (Phi) is 6.75. The van der Waals surface area contributed by atoms with Crippen molar-refractivity contribution in [1.82, 2.24) is 5.43 Å². The van der Waals surface area contributed by atoms with Gasteiger partial charge < -0.3 is 9.47 Å². The van der Waals surface area contributed by atoms with Crippen LogP contribution in [0.2, 0.25) is 0 Å². The lowest BCUT2D eigenvalue weighted by Crippen LogP contribution is -2.19. The number of hydrogen-bond donors (Lipinski definition) is 1. The summed E-state index contributed by atoms with van der Waals surface area (Å²) in [4.78, 5) is 24.5. The number of hydrazone groups is 1. The van der Waals surface area contributed by atoms with E-state index in [1.165, 1.54) is 6.21 Å². The summed E-state index contributed by atoms with van der Waals surface area (Å²) in [5, 5.41) is 6.18. The van der Waals surface area contributed by atoms with Gasteiger partial charge in [0.25, 0.3) is 0 Å². The van der Waals surface area contributed by atoms with Crippen LogP contribution in [0.5, 0.6) is 11.5 Å². The number of nitrogens with zero attached hydrogens (tertiary/aromatic N) is 1. The van der Waals surface area contributed by atoms with Crippen LogP contribution < -0.4 is 14.9 Å². The molecule has 0 radical (unpaired) electrons. The predicted molar refractivity (Wildman–Crippen MR) is 128 cm³/mol. The molecular formula is C27H22N2O4. The second-order valence-corrected chi connectivity index (χ2v) is 7.30. The smallest absolute Gasteiger partial charge is 0.343 e. The van der Waals surface area contributed by atoms with Gasteiger partial charge in [0.05, 0.1) is 25.3 Å².